The van der Waals surface area contributed by atoms with Gasteiger partial charge in [-0.3, -0.25) is 38.4 Å². The van der Waals surface area contributed by atoms with Gasteiger partial charge in [0.15, 0.2) is 50.3 Å². The van der Waals surface area contributed by atoms with Crippen LogP contribution in [-0.4, -0.2) is 508 Å². The molecule has 30 aliphatic heterocycles. The van der Waals surface area contributed by atoms with Crippen molar-refractivity contribution in [3.63, 3.8) is 0 Å². The second-order valence-corrected chi connectivity index (χ2v) is 39.5. The highest BCUT2D eigenvalue weighted by Crippen LogP contribution is 2.43. The number of aliphatic hydroxyl groups excluding tert-OH is 16. The molecule has 730 valence electrons. The normalized spacial score (nSPS) is 41.7. The van der Waals surface area contributed by atoms with E-state index in [9.17, 15) is 161 Å². The van der Waals surface area contributed by atoms with Crippen LogP contribution in [-0.2, 0) is 114 Å². The summed E-state index contributed by atoms with van der Waals surface area (Å²) in [5.41, 5.74) is 0. The fourth-order valence-electron chi connectivity index (χ4n) is 14.6. The van der Waals surface area contributed by atoms with Gasteiger partial charge in [0.2, 0.25) is 0 Å². The Kier molecular flexibility index (Phi) is 44.2. The highest BCUT2D eigenvalue weighted by atomic mass is 32.2. The van der Waals surface area contributed by atoms with E-state index in [0.29, 0.717) is 11.8 Å². The predicted molar refractivity (Wildman–Crippen MR) is 436 cm³/mol. The Morgan fingerprint density at radius 2 is 0.283 bits per heavy atom. The average Bonchev–Trinajstić information content (AvgIpc) is 0.775. The van der Waals surface area contributed by atoms with E-state index in [1.54, 1.807) is 0 Å². The summed E-state index contributed by atoms with van der Waals surface area (Å²) in [4.78, 5) is 94.5. The van der Waals surface area contributed by atoms with E-state index < -0.39 is 361 Å². The van der Waals surface area contributed by atoms with Crippen LogP contribution in [0.1, 0.15) is 44.9 Å². The van der Waals surface area contributed by atoms with Crippen molar-refractivity contribution < 1.29 is 237 Å². The van der Waals surface area contributed by atoms with Gasteiger partial charge < -0.3 is 198 Å². The molecule has 30 aliphatic rings. The van der Waals surface area contributed by atoms with Crippen molar-refractivity contribution in [2.24, 2.45) is 0 Å². The van der Waals surface area contributed by atoms with E-state index in [-0.39, 0.29) is 69.0 Å². The molecular weight excluding hydrogens is 1880 g/mol. The van der Waals surface area contributed by atoms with Gasteiger partial charge in [-0.15, -0.1) is 11.8 Å². The molecule has 0 unspecified atom stereocenters. The van der Waals surface area contributed by atoms with Crippen LogP contribution in [0.15, 0.2) is 0 Å². The van der Waals surface area contributed by atoms with Gasteiger partial charge in [0.05, 0.1) is 99.5 Å². The van der Waals surface area contributed by atoms with Crippen LogP contribution >= 0.6 is 94.1 Å². The third-order valence-corrected chi connectivity index (χ3v) is 29.6. The van der Waals surface area contributed by atoms with Gasteiger partial charge in [0.1, 0.15) is 146 Å². The Morgan fingerprint density at radius 1 is 0.165 bits per heavy atom. The molecule has 56 heteroatoms. The number of aliphatic hydroxyl groups is 16. The first-order chi connectivity index (χ1) is 60.2. The molecule has 0 aliphatic carbocycles. The molecule has 30 heterocycles. The second kappa shape index (κ2) is 52.0. The zero-order valence-corrected chi connectivity index (χ0v) is 73.7. The monoisotopic (exact) mass is 1990 g/mol. The fraction of sp³-hybridized carbons (Fsp3) is 0.887. The number of hydrogen-bond donors (Lipinski definition) is 24. The maximum Gasteiger partial charge on any atom is 0.313 e. The molecule has 24 N–H and O–H groups in total. The summed E-state index contributed by atoms with van der Waals surface area (Å²) >= 11 is 6.76. The zero-order valence-electron chi connectivity index (χ0n) is 67.2. The summed E-state index contributed by atoms with van der Waals surface area (Å²) in [5, 5.41) is 272. The molecule has 0 spiro atoms. The molecule has 0 aromatic rings. The van der Waals surface area contributed by atoms with Crippen molar-refractivity contribution in [2.45, 2.75) is 291 Å². The Balaban J connectivity index is 1.11. The summed E-state index contributed by atoms with van der Waals surface area (Å²) in [5.74, 6) is -15.2. The van der Waals surface area contributed by atoms with Gasteiger partial charge in [0.25, 0.3) is 0 Å². The molecule has 0 amide bonds. The number of carbonyl (C=O) groups is 8. The van der Waals surface area contributed by atoms with E-state index in [1.807, 2.05) is 0 Å². The van der Waals surface area contributed by atoms with Gasteiger partial charge in [-0.2, -0.15) is 82.3 Å². The summed E-state index contributed by atoms with van der Waals surface area (Å²) in [7, 11) is 0. The van der Waals surface area contributed by atoms with Crippen molar-refractivity contribution >= 4 is 142 Å². The molecule has 40 atom stereocenters. The SMILES string of the molecule is O=C(O)CCSC[C@H]1O[C@@H]2O[C@H]3[C@H](O)[C@@H](O)[C@@H](O[C@H]4[C@H](O)[C@@H](O)[C@@H](O[C@H]5[C@H](O)[C@@H](O)[C@@H](O[C@H]6[C@H](O)[C@@H](O)[C@@H](O[C@H]7[C@H](O)[C@@H](O)[C@@H](O[C@H]8[C@H](O)[C@@H](O)[C@@H](O[C@H]9[C@H](O)[C@@H](O)[C@@H](O[C@H]1[C@H](O)[C@H]2O)O[C@@H]9CSCCC(=O)O)O[C@@H]8CSCCC(=O)O)O[C@@H]7CSCCC(=O)O)O[C@@H]6CSCC(=O)O)O[C@@H]5CSCCC(=O)O)O[C@@H]4CSCCC(=O)O)O[C@@H]3CSCCC(=O)O. The zero-order chi connectivity index (χ0) is 92.9. The molecular formula is C71H110O48S8. The van der Waals surface area contributed by atoms with Crippen molar-refractivity contribution in [2.75, 3.05) is 92.0 Å². The number of rotatable bonds is 39. The van der Waals surface area contributed by atoms with Crippen LogP contribution < -0.4 is 0 Å². The van der Waals surface area contributed by atoms with Crippen LogP contribution in [0.3, 0.4) is 0 Å². The lowest BCUT2D eigenvalue weighted by molar-refractivity contribution is -0.396. The first-order valence-corrected chi connectivity index (χ1v) is 49.2. The van der Waals surface area contributed by atoms with E-state index >= 15 is 0 Å². The summed E-state index contributed by atoms with van der Waals surface area (Å²) < 4.78 is 99.9. The third-order valence-electron chi connectivity index (χ3n) is 21.2. The topological polar surface area (TPSA) is 770 Å². The molecule has 48 nitrogen and oxygen atoms in total. The van der Waals surface area contributed by atoms with Crippen molar-refractivity contribution in [3.8, 4) is 0 Å². The minimum atomic E-state index is -2.35. The molecule has 0 saturated carbocycles. The highest BCUT2D eigenvalue weighted by molar-refractivity contribution is 8.01. The number of carboxylic acid groups (broad SMARTS) is 8. The molecule has 0 radical (unpaired) electrons. The quantitative estimate of drug-likeness (QED) is 0.0254. The largest absolute Gasteiger partial charge is 0.481 e. The van der Waals surface area contributed by atoms with E-state index in [4.69, 9.17) is 75.8 Å². The Morgan fingerprint density at radius 3 is 0.394 bits per heavy atom. The standard InChI is InChI=1S/C71H110O48S8/c72-32(73)1-8-120-15-24-56-40(88)48(96)64(104-24)113-57-25(16-121-9-2-33(74)75)106-66(50(98)42(57)90)115-59-27(18-123-11-4-35(78)79)108-68(52(100)44(59)92)117-61-29(20-125-13-6-37(82)83)110-70(54(102)46(61)94)119-63-31(22-127-23-39(86)87)111-71(55(103)47(63)95)118-62-30(21-126-14-7-38(84)85)109-69(53(101)45(62)93)116-60-28(19-124-12-5-36(80)81)107-67(51(99)43(60)91)114-58-26(17-122-10-3-34(76)77)105-65(112-56)49(97)41(58)89/h24-31,40-71,88-103H,1-23H2,(H,72,73)(H,74,75)(H,76,77)(H,78,79)(H,80,81)(H,82,83)(H,84,85)(H,86,87)/t24-,25-,26-,27-,28-,29-,30-,31-,40-,41-,42-,43-,44-,45-,46-,47-,48-,49-,50-,51-,52-,53-,54-,55-,56-,57-,58-,59-,60-,61-,62-,63-,64-,65-,66-,67-,68-,69-,70-,71-/m1/s1. The number of ether oxygens (including phenoxy) is 16. The Labute approximate surface area is 756 Å². The molecule has 16 bridgehead atoms. The van der Waals surface area contributed by atoms with Crippen LogP contribution in [0.4, 0.5) is 0 Å². The minimum absolute atomic E-state index is 0.160. The summed E-state index contributed by atoms with van der Waals surface area (Å²) in [6, 6.07) is 0. The van der Waals surface area contributed by atoms with Crippen molar-refractivity contribution in [1.82, 2.24) is 0 Å². The van der Waals surface area contributed by atoms with Crippen LogP contribution in [0.5, 0.6) is 0 Å². The van der Waals surface area contributed by atoms with E-state index in [0.717, 1.165) is 82.3 Å². The number of carboxylic acids is 8. The van der Waals surface area contributed by atoms with Crippen LogP contribution in [0.2, 0.25) is 0 Å². The van der Waals surface area contributed by atoms with Crippen molar-refractivity contribution in [1.29, 1.82) is 0 Å². The number of aliphatic carboxylic acids is 8. The van der Waals surface area contributed by atoms with Crippen LogP contribution in [0.25, 0.3) is 0 Å². The molecule has 30 rings (SSSR count). The van der Waals surface area contributed by atoms with E-state index in [1.165, 1.54) is 0 Å². The predicted octanol–water partition coefficient (Wildman–Crippen LogP) is -8.07. The van der Waals surface area contributed by atoms with Gasteiger partial charge in [0, 0.05) is 86.3 Å². The minimum Gasteiger partial charge on any atom is -0.481 e. The lowest BCUT2D eigenvalue weighted by Crippen LogP contribution is -2.69. The van der Waals surface area contributed by atoms with Gasteiger partial charge in [-0.25, -0.2) is 0 Å². The van der Waals surface area contributed by atoms with E-state index in [2.05, 4.69) is 0 Å². The Hall–Kier alpha value is -2.72. The molecule has 30 saturated heterocycles. The van der Waals surface area contributed by atoms with Gasteiger partial charge >= 0.3 is 47.8 Å². The van der Waals surface area contributed by atoms with Gasteiger partial charge in [-0.05, 0) is 0 Å². The molecule has 127 heavy (non-hydrogen) atoms. The first-order valence-electron chi connectivity index (χ1n) is 40.0. The fourth-order valence-corrected chi connectivity index (χ4v) is 22.3. The smallest absolute Gasteiger partial charge is 0.313 e. The van der Waals surface area contributed by atoms with Gasteiger partial charge in [-0.1, -0.05) is 0 Å². The maximum absolute atomic E-state index is 12.3. The second-order valence-electron chi connectivity index (χ2n) is 30.4. The summed E-state index contributed by atoms with van der Waals surface area (Å²) in [6.45, 7) is 0. The molecule has 30 fully saturated rings. The number of hydrogen-bond acceptors (Lipinski definition) is 48. The average molecular weight is 1990 g/mol. The van der Waals surface area contributed by atoms with Crippen LogP contribution in [0, 0.1) is 0 Å². The third kappa shape index (κ3) is 30.4. The highest BCUT2D eigenvalue weighted by Gasteiger charge is 2.61. The molecule has 0 aromatic heterocycles. The summed E-state index contributed by atoms with van der Waals surface area (Å²) in [6.07, 6.45) is -85.9. The Bertz CT molecular complexity index is 3300. The molecule has 0 aromatic carbocycles. The van der Waals surface area contributed by atoms with Crippen molar-refractivity contribution in [3.05, 3.63) is 0 Å². The maximum atomic E-state index is 12.3. The lowest BCUT2D eigenvalue weighted by Gasteiger charge is -2.51. The first kappa shape index (κ1) is 108. The number of thioether (sulfide) groups is 8. The lowest BCUT2D eigenvalue weighted by atomic mass is 9.95.